The number of halogens is 3. The lowest BCUT2D eigenvalue weighted by Crippen LogP contribution is -2.49. The van der Waals surface area contributed by atoms with Crippen LogP contribution in [0, 0.1) is 12.7 Å². The number of nitrogens with zero attached hydrogens (tertiary/aromatic N) is 4. The van der Waals surface area contributed by atoms with Gasteiger partial charge in [0.2, 0.25) is 5.91 Å². The minimum Gasteiger partial charge on any atom is -0.339 e. The standard InChI is InChI=1S/C18H21F3N4O/c1-13-10-16(18(20)21)22-25(13)12-17(26)24-8-6-23(7-9-24)11-14-2-4-15(19)5-3-14/h2-5,10,18H,6-9,11-12H2,1H3. The maximum atomic E-state index is 13.0. The van der Waals surface area contributed by atoms with Gasteiger partial charge in [0.25, 0.3) is 6.43 Å². The molecule has 140 valence electrons. The zero-order chi connectivity index (χ0) is 18.7. The molecule has 8 heteroatoms. The van der Waals surface area contributed by atoms with Crippen LogP contribution in [0.25, 0.3) is 0 Å². The maximum absolute atomic E-state index is 13.0. The highest BCUT2D eigenvalue weighted by Gasteiger charge is 2.22. The number of carbonyl (C=O) groups excluding carboxylic acids is 1. The van der Waals surface area contributed by atoms with Crippen molar-refractivity contribution in [2.75, 3.05) is 26.2 Å². The third kappa shape index (κ3) is 4.43. The second kappa shape index (κ2) is 7.90. The number of carbonyl (C=O) groups is 1. The number of piperazine rings is 1. The Bertz CT molecular complexity index is 752. The van der Waals surface area contributed by atoms with Crippen LogP contribution in [0.4, 0.5) is 13.2 Å². The molecule has 0 atom stereocenters. The summed E-state index contributed by atoms with van der Waals surface area (Å²) in [7, 11) is 0. The lowest BCUT2D eigenvalue weighted by molar-refractivity contribution is -0.133. The summed E-state index contributed by atoms with van der Waals surface area (Å²) in [5, 5.41) is 3.80. The summed E-state index contributed by atoms with van der Waals surface area (Å²) in [4.78, 5) is 16.3. The zero-order valence-electron chi connectivity index (χ0n) is 14.5. The Kier molecular flexibility index (Phi) is 5.61. The van der Waals surface area contributed by atoms with E-state index in [1.807, 2.05) is 0 Å². The van der Waals surface area contributed by atoms with Gasteiger partial charge in [-0.05, 0) is 30.7 Å². The molecule has 0 aliphatic carbocycles. The first-order valence-electron chi connectivity index (χ1n) is 8.49. The molecule has 2 heterocycles. The van der Waals surface area contributed by atoms with Crippen LogP contribution in [0.1, 0.15) is 23.4 Å². The van der Waals surface area contributed by atoms with E-state index in [-0.39, 0.29) is 24.0 Å². The lowest BCUT2D eigenvalue weighted by Gasteiger charge is -2.34. The Morgan fingerprint density at radius 2 is 1.81 bits per heavy atom. The smallest absolute Gasteiger partial charge is 0.282 e. The van der Waals surface area contributed by atoms with Crippen LogP contribution in [-0.4, -0.2) is 51.7 Å². The van der Waals surface area contributed by atoms with E-state index in [4.69, 9.17) is 0 Å². The van der Waals surface area contributed by atoms with Gasteiger partial charge in [-0.2, -0.15) is 5.10 Å². The van der Waals surface area contributed by atoms with Crippen molar-refractivity contribution >= 4 is 5.91 Å². The van der Waals surface area contributed by atoms with Gasteiger partial charge in [-0.25, -0.2) is 13.2 Å². The molecule has 0 saturated carbocycles. The molecule has 0 radical (unpaired) electrons. The molecule has 1 aliphatic rings. The molecule has 1 fully saturated rings. The topological polar surface area (TPSA) is 41.4 Å². The summed E-state index contributed by atoms with van der Waals surface area (Å²) < 4.78 is 39.7. The van der Waals surface area contributed by atoms with Crippen LogP contribution < -0.4 is 0 Å². The number of aryl methyl sites for hydroxylation is 1. The molecule has 1 aliphatic heterocycles. The molecule has 0 N–H and O–H groups in total. The number of aromatic nitrogens is 2. The average molecular weight is 366 g/mol. The molecule has 1 saturated heterocycles. The SMILES string of the molecule is Cc1cc(C(F)F)nn1CC(=O)N1CCN(Cc2ccc(F)cc2)CC1. The molecule has 5 nitrogen and oxygen atoms in total. The Morgan fingerprint density at radius 1 is 1.15 bits per heavy atom. The van der Waals surface area contributed by atoms with E-state index in [1.54, 1.807) is 24.0 Å². The average Bonchev–Trinajstić information content (AvgIpc) is 2.98. The fourth-order valence-corrected chi connectivity index (χ4v) is 3.03. The number of alkyl halides is 2. The highest BCUT2D eigenvalue weighted by Crippen LogP contribution is 2.18. The van der Waals surface area contributed by atoms with Gasteiger partial charge in [0.05, 0.1) is 0 Å². The number of benzene rings is 1. The predicted molar refractivity (Wildman–Crippen MR) is 90.2 cm³/mol. The summed E-state index contributed by atoms with van der Waals surface area (Å²) in [5.74, 6) is -0.383. The second-order valence-corrected chi connectivity index (χ2v) is 6.45. The quantitative estimate of drug-likeness (QED) is 0.817. The van der Waals surface area contributed by atoms with Gasteiger partial charge in [0.15, 0.2) is 0 Å². The molecule has 0 spiro atoms. The highest BCUT2D eigenvalue weighted by atomic mass is 19.3. The van der Waals surface area contributed by atoms with Crippen molar-refractivity contribution < 1.29 is 18.0 Å². The Balaban J connectivity index is 1.51. The van der Waals surface area contributed by atoms with Crippen molar-refractivity contribution in [1.29, 1.82) is 0 Å². The largest absolute Gasteiger partial charge is 0.339 e. The van der Waals surface area contributed by atoms with Gasteiger partial charge in [0.1, 0.15) is 18.1 Å². The normalized spacial score (nSPS) is 15.7. The van der Waals surface area contributed by atoms with Crippen LogP contribution in [0.3, 0.4) is 0 Å². The van der Waals surface area contributed by atoms with E-state index < -0.39 is 6.43 Å². The third-order valence-corrected chi connectivity index (χ3v) is 4.55. The van der Waals surface area contributed by atoms with Crippen LogP contribution >= 0.6 is 0 Å². The Hall–Kier alpha value is -2.35. The number of rotatable bonds is 5. The van der Waals surface area contributed by atoms with E-state index >= 15 is 0 Å². The molecule has 0 bridgehead atoms. The first-order valence-corrected chi connectivity index (χ1v) is 8.49. The minimum atomic E-state index is -2.64. The van der Waals surface area contributed by atoms with E-state index in [0.29, 0.717) is 38.4 Å². The monoisotopic (exact) mass is 366 g/mol. The van der Waals surface area contributed by atoms with Crippen molar-refractivity contribution in [3.63, 3.8) is 0 Å². The molecule has 0 unspecified atom stereocenters. The molecule has 1 aromatic heterocycles. The highest BCUT2D eigenvalue weighted by molar-refractivity contribution is 5.76. The summed E-state index contributed by atoms with van der Waals surface area (Å²) in [6.07, 6.45) is -2.64. The van der Waals surface area contributed by atoms with Gasteiger partial charge in [0, 0.05) is 38.4 Å². The Morgan fingerprint density at radius 3 is 2.38 bits per heavy atom. The minimum absolute atomic E-state index is 0.0312. The first kappa shape index (κ1) is 18.4. The molecular formula is C18H21F3N4O. The number of amides is 1. The van der Waals surface area contributed by atoms with Crippen molar-refractivity contribution in [2.24, 2.45) is 0 Å². The lowest BCUT2D eigenvalue weighted by atomic mass is 10.2. The summed E-state index contributed by atoms with van der Waals surface area (Å²) in [6.45, 7) is 4.90. The fraction of sp³-hybridized carbons (Fsp3) is 0.444. The van der Waals surface area contributed by atoms with Gasteiger partial charge in [-0.1, -0.05) is 12.1 Å². The van der Waals surface area contributed by atoms with Crippen LogP contribution in [0.15, 0.2) is 30.3 Å². The summed E-state index contributed by atoms with van der Waals surface area (Å²) in [6, 6.07) is 7.70. The molecule has 26 heavy (non-hydrogen) atoms. The van der Waals surface area contributed by atoms with E-state index in [0.717, 1.165) is 5.56 Å². The number of hydrogen-bond donors (Lipinski definition) is 0. The molecule has 3 rings (SSSR count). The summed E-state index contributed by atoms with van der Waals surface area (Å²) >= 11 is 0. The molecule has 1 aromatic carbocycles. The van der Waals surface area contributed by atoms with Crippen LogP contribution in [0.5, 0.6) is 0 Å². The van der Waals surface area contributed by atoms with E-state index in [9.17, 15) is 18.0 Å². The van der Waals surface area contributed by atoms with Gasteiger partial charge in [-0.15, -0.1) is 0 Å². The van der Waals surface area contributed by atoms with E-state index in [1.165, 1.54) is 22.9 Å². The molecule has 1 amide bonds. The van der Waals surface area contributed by atoms with Gasteiger partial charge < -0.3 is 4.90 Å². The molecule has 2 aromatic rings. The number of hydrogen-bond acceptors (Lipinski definition) is 3. The van der Waals surface area contributed by atoms with Gasteiger partial charge in [-0.3, -0.25) is 14.4 Å². The van der Waals surface area contributed by atoms with Crippen molar-refractivity contribution in [2.45, 2.75) is 26.4 Å². The van der Waals surface area contributed by atoms with E-state index in [2.05, 4.69) is 10.00 Å². The van der Waals surface area contributed by atoms with Crippen molar-refractivity contribution in [3.8, 4) is 0 Å². The predicted octanol–water partition coefficient (Wildman–Crippen LogP) is 2.61. The second-order valence-electron chi connectivity index (χ2n) is 6.45. The maximum Gasteiger partial charge on any atom is 0.282 e. The summed E-state index contributed by atoms with van der Waals surface area (Å²) in [5.41, 5.74) is 1.26. The zero-order valence-corrected chi connectivity index (χ0v) is 14.5. The Labute approximate surface area is 150 Å². The van der Waals surface area contributed by atoms with Crippen molar-refractivity contribution in [1.82, 2.24) is 19.6 Å². The third-order valence-electron chi connectivity index (χ3n) is 4.55. The van der Waals surface area contributed by atoms with Crippen LogP contribution in [-0.2, 0) is 17.9 Å². The fourth-order valence-electron chi connectivity index (χ4n) is 3.03. The first-order chi connectivity index (χ1) is 12.4. The van der Waals surface area contributed by atoms with Gasteiger partial charge >= 0.3 is 0 Å². The van der Waals surface area contributed by atoms with Crippen molar-refractivity contribution in [3.05, 3.63) is 53.1 Å². The van der Waals surface area contributed by atoms with Crippen LogP contribution in [0.2, 0.25) is 0 Å². The molecular weight excluding hydrogens is 345 g/mol.